The topological polar surface area (TPSA) is 55.2 Å². The van der Waals surface area contributed by atoms with E-state index >= 15 is 0 Å². The number of benzene rings is 2. The van der Waals surface area contributed by atoms with E-state index in [-0.39, 0.29) is 22.5 Å². The van der Waals surface area contributed by atoms with Gasteiger partial charge >= 0.3 is 0 Å². The minimum Gasteiger partial charge on any atom is -0.347 e. The van der Waals surface area contributed by atoms with E-state index in [0.29, 0.717) is 5.16 Å². The molecule has 0 amide bonds. The highest BCUT2D eigenvalue weighted by Gasteiger charge is 2.38. The summed E-state index contributed by atoms with van der Waals surface area (Å²) in [7, 11) is 2.02. The number of nitrogens with zero attached hydrogens (tertiary/aromatic N) is 3. The number of ketones is 1. The van der Waals surface area contributed by atoms with Crippen molar-refractivity contribution in [3.8, 4) is 5.69 Å². The van der Waals surface area contributed by atoms with Gasteiger partial charge < -0.3 is 4.90 Å². The van der Waals surface area contributed by atoms with Crippen LogP contribution in [0.1, 0.15) is 48.3 Å². The number of anilines is 1. The molecule has 0 unspecified atom stereocenters. The molecule has 2 aromatic carbocycles. The molecule has 0 spiro atoms. The van der Waals surface area contributed by atoms with Crippen LogP contribution in [0.4, 0.5) is 5.69 Å². The maximum absolute atomic E-state index is 14.0. The molecule has 0 fully saturated rings. The van der Waals surface area contributed by atoms with Crippen molar-refractivity contribution in [3.63, 3.8) is 0 Å². The molecule has 0 N–H and O–H groups in total. The highest BCUT2D eigenvalue weighted by molar-refractivity contribution is 7.99. The zero-order valence-electron chi connectivity index (χ0n) is 22.2. The average Bonchev–Trinajstić information content (AvgIpc) is 3.37. The first-order valence-electron chi connectivity index (χ1n) is 13.1. The molecule has 1 aliphatic carbocycles. The molecule has 0 bridgehead atoms. The third kappa shape index (κ3) is 4.12. The van der Waals surface area contributed by atoms with Crippen LogP contribution in [-0.2, 0) is 23.1 Å². The number of carbonyl (C=O) groups is 1. The quantitative estimate of drug-likeness (QED) is 0.162. The number of aromatic nitrogens is 2. The maximum Gasteiger partial charge on any atom is 0.267 e. The number of hydrogen-bond donors (Lipinski definition) is 0. The van der Waals surface area contributed by atoms with E-state index in [2.05, 4.69) is 30.9 Å². The van der Waals surface area contributed by atoms with Gasteiger partial charge in [0.1, 0.15) is 4.83 Å². The van der Waals surface area contributed by atoms with Gasteiger partial charge in [0.2, 0.25) is 0 Å². The van der Waals surface area contributed by atoms with Crippen LogP contribution in [0.5, 0.6) is 0 Å². The van der Waals surface area contributed by atoms with Gasteiger partial charge in [-0.2, -0.15) is 0 Å². The van der Waals surface area contributed by atoms with Crippen molar-refractivity contribution in [2.75, 3.05) is 17.7 Å². The van der Waals surface area contributed by atoms with Gasteiger partial charge in [-0.1, -0.05) is 61.5 Å². The second-order valence-corrected chi connectivity index (χ2v) is 12.8. The van der Waals surface area contributed by atoms with Crippen molar-refractivity contribution < 1.29 is 4.79 Å². The van der Waals surface area contributed by atoms with Crippen molar-refractivity contribution in [2.45, 2.75) is 57.0 Å². The summed E-state index contributed by atoms with van der Waals surface area (Å²) in [5.41, 5.74) is 6.13. The third-order valence-electron chi connectivity index (χ3n) is 7.83. The number of likely N-dealkylation sites (N-methyl/N-ethyl adjacent to an activating group) is 1. The summed E-state index contributed by atoms with van der Waals surface area (Å²) in [4.78, 5) is 36.5. The van der Waals surface area contributed by atoms with E-state index in [0.717, 1.165) is 58.5 Å². The molecule has 0 saturated heterocycles. The highest BCUT2D eigenvalue weighted by Crippen LogP contribution is 2.46. The van der Waals surface area contributed by atoms with Crippen LogP contribution in [0.3, 0.4) is 0 Å². The van der Waals surface area contributed by atoms with Gasteiger partial charge in [-0.3, -0.25) is 14.2 Å². The number of thioether (sulfide) groups is 1. The smallest absolute Gasteiger partial charge is 0.267 e. The molecule has 194 valence electrons. The lowest BCUT2D eigenvalue weighted by Gasteiger charge is -2.24. The van der Waals surface area contributed by atoms with Crippen LogP contribution in [0.15, 0.2) is 70.3 Å². The fourth-order valence-corrected chi connectivity index (χ4v) is 7.93. The number of carbonyl (C=O) groups excluding carboxylic acids is 1. The fourth-order valence-electron chi connectivity index (χ4n) is 5.79. The minimum atomic E-state index is -0.261. The molecule has 0 radical (unpaired) electrons. The van der Waals surface area contributed by atoms with Crippen LogP contribution < -0.4 is 10.5 Å². The molecule has 1 aliphatic heterocycles. The average molecular weight is 542 g/mol. The summed E-state index contributed by atoms with van der Waals surface area (Å²) in [5.74, 6) is 0.214. The molecule has 0 saturated carbocycles. The molecule has 3 heterocycles. The van der Waals surface area contributed by atoms with Crippen molar-refractivity contribution in [3.05, 3.63) is 92.2 Å². The molecule has 4 aromatic rings. The lowest BCUT2D eigenvalue weighted by molar-refractivity contribution is -0.112. The van der Waals surface area contributed by atoms with Gasteiger partial charge in [0, 0.05) is 34.8 Å². The number of hydrogen-bond acceptors (Lipinski definition) is 6. The summed E-state index contributed by atoms with van der Waals surface area (Å²) in [5, 5.41) is 1.33. The summed E-state index contributed by atoms with van der Waals surface area (Å²) in [6.45, 7) is 6.35. The molecular weight excluding hydrogens is 510 g/mol. The van der Waals surface area contributed by atoms with Crippen molar-refractivity contribution in [2.24, 2.45) is 0 Å². The summed E-state index contributed by atoms with van der Waals surface area (Å²) < 4.78 is 1.70. The number of thiophene rings is 1. The molecule has 2 aromatic heterocycles. The van der Waals surface area contributed by atoms with E-state index < -0.39 is 0 Å². The molecule has 2 aliphatic rings. The Morgan fingerprint density at radius 1 is 1.11 bits per heavy atom. The molecule has 5 nitrogen and oxygen atoms in total. The first-order chi connectivity index (χ1) is 18.3. The Kier molecular flexibility index (Phi) is 6.31. The Labute approximate surface area is 231 Å². The maximum atomic E-state index is 14.0. The van der Waals surface area contributed by atoms with Crippen molar-refractivity contribution >= 4 is 44.8 Å². The van der Waals surface area contributed by atoms with E-state index in [1.807, 2.05) is 50.4 Å². The molecular formula is C31H31N3O2S2. The van der Waals surface area contributed by atoms with Gasteiger partial charge in [-0.25, -0.2) is 4.98 Å². The molecule has 7 heteroatoms. The second kappa shape index (κ2) is 9.54. The minimum absolute atomic E-state index is 0.00741. The summed E-state index contributed by atoms with van der Waals surface area (Å²) in [6, 6.07) is 16.2. The predicted octanol–water partition coefficient (Wildman–Crippen LogP) is 6.61. The van der Waals surface area contributed by atoms with Gasteiger partial charge in [-0.05, 0) is 61.9 Å². The van der Waals surface area contributed by atoms with Crippen molar-refractivity contribution in [1.29, 1.82) is 0 Å². The largest absolute Gasteiger partial charge is 0.347 e. The number of fused-ring (bicyclic) bond motifs is 4. The van der Waals surface area contributed by atoms with Crippen molar-refractivity contribution in [1.82, 2.24) is 9.55 Å². The van der Waals surface area contributed by atoms with E-state index in [1.54, 1.807) is 22.0 Å². The monoisotopic (exact) mass is 541 g/mol. The molecule has 6 rings (SSSR count). The Hall–Kier alpha value is -3.16. The fraction of sp³-hybridized carbons (Fsp3) is 0.323. The number of allylic oxidation sites excluding steroid dienone is 2. The standard InChI is InChI=1S/C31H31N3O2S2/c1-19-13-15-20(16-14-19)34-29(36)27-22-9-5-8-12-25(22)38-28(27)32-30(34)37-18-21(35)17-26-31(2,3)23-10-6-7-11-24(23)33(26)4/h6-7,10-11,13-17H,5,8-9,12,18H2,1-4H3. The Morgan fingerprint density at radius 2 is 1.84 bits per heavy atom. The molecule has 38 heavy (non-hydrogen) atoms. The zero-order chi connectivity index (χ0) is 26.6. The van der Waals surface area contributed by atoms with Crippen LogP contribution in [0.2, 0.25) is 0 Å². The number of rotatable bonds is 5. The second-order valence-electron chi connectivity index (χ2n) is 10.7. The van der Waals surface area contributed by atoms with E-state index in [1.165, 1.54) is 27.8 Å². The van der Waals surface area contributed by atoms with Gasteiger partial charge in [0.15, 0.2) is 10.9 Å². The SMILES string of the molecule is Cc1ccc(-n2c(SCC(=O)C=C3N(C)c4ccccc4C3(C)C)nc3sc4c(c3c2=O)CCCC4)cc1. The van der Waals surface area contributed by atoms with Gasteiger partial charge in [0.05, 0.1) is 16.8 Å². The first-order valence-corrected chi connectivity index (χ1v) is 14.9. The van der Waals surface area contributed by atoms with Gasteiger partial charge in [0.25, 0.3) is 5.56 Å². The zero-order valence-corrected chi connectivity index (χ0v) is 23.8. The van der Waals surface area contributed by atoms with E-state index in [4.69, 9.17) is 4.98 Å². The first kappa shape index (κ1) is 25.1. The van der Waals surface area contributed by atoms with Gasteiger partial charge in [-0.15, -0.1) is 11.3 Å². The predicted molar refractivity (Wildman–Crippen MR) is 158 cm³/mol. The van der Waals surface area contributed by atoms with Crippen LogP contribution in [0, 0.1) is 6.92 Å². The Bertz CT molecular complexity index is 1660. The van der Waals surface area contributed by atoms with Crippen LogP contribution in [-0.4, -0.2) is 28.1 Å². The highest BCUT2D eigenvalue weighted by atomic mass is 32.2. The summed E-state index contributed by atoms with van der Waals surface area (Å²) >= 11 is 2.99. The Morgan fingerprint density at radius 3 is 2.61 bits per heavy atom. The number of aryl methyl sites for hydroxylation is 3. The summed E-state index contributed by atoms with van der Waals surface area (Å²) in [6.07, 6.45) is 5.98. The van der Waals surface area contributed by atoms with Crippen LogP contribution in [0.25, 0.3) is 15.9 Å². The van der Waals surface area contributed by atoms with E-state index in [9.17, 15) is 9.59 Å². The Balaban J connectivity index is 1.37. The number of para-hydroxylation sites is 1. The lowest BCUT2D eigenvalue weighted by Crippen LogP contribution is -2.24. The molecule has 0 atom stereocenters. The lowest BCUT2D eigenvalue weighted by atomic mass is 9.83. The van der Waals surface area contributed by atoms with Crippen LogP contribution >= 0.6 is 23.1 Å². The third-order valence-corrected chi connectivity index (χ3v) is 9.98. The normalized spacial score (nSPS) is 17.2.